The zero-order valence-electron chi connectivity index (χ0n) is 16.1. The Balaban J connectivity index is 1.50. The van der Waals surface area contributed by atoms with E-state index >= 15 is 0 Å². The minimum absolute atomic E-state index is 0.196. The first kappa shape index (κ1) is 20.5. The van der Waals surface area contributed by atoms with Crippen molar-refractivity contribution in [3.8, 4) is 28.6 Å². The minimum atomic E-state index is -0.197. The highest BCUT2D eigenvalue weighted by atomic mass is 35.5. The number of nitrogens with zero attached hydrogens (tertiary/aromatic N) is 2. The molecule has 0 atom stereocenters. The number of aromatic nitrogens is 3. The van der Waals surface area contributed by atoms with Gasteiger partial charge in [0.2, 0.25) is 11.9 Å². The molecule has 0 fully saturated rings. The summed E-state index contributed by atoms with van der Waals surface area (Å²) in [6, 6.07) is 12.4. The van der Waals surface area contributed by atoms with E-state index < -0.39 is 0 Å². The van der Waals surface area contributed by atoms with Crippen LogP contribution in [-0.2, 0) is 4.79 Å². The number of carbonyl (C=O) groups excluding carboxylic acids is 1. The van der Waals surface area contributed by atoms with E-state index in [-0.39, 0.29) is 18.3 Å². The van der Waals surface area contributed by atoms with Crippen molar-refractivity contribution in [2.75, 3.05) is 26.1 Å². The van der Waals surface area contributed by atoms with Crippen molar-refractivity contribution in [3.63, 3.8) is 0 Å². The fourth-order valence-corrected chi connectivity index (χ4v) is 2.70. The molecule has 0 radical (unpaired) electrons. The van der Waals surface area contributed by atoms with Crippen molar-refractivity contribution in [3.05, 3.63) is 47.5 Å². The Hall–Kier alpha value is -3.26. The summed E-state index contributed by atoms with van der Waals surface area (Å²) in [5.41, 5.74) is 0.706. The highest BCUT2D eigenvalue weighted by molar-refractivity contribution is 6.30. The Bertz CT molecular complexity index is 959. The second-order valence-corrected chi connectivity index (χ2v) is 6.46. The van der Waals surface area contributed by atoms with Gasteiger partial charge in [0.05, 0.1) is 26.4 Å². The second kappa shape index (κ2) is 9.79. The number of H-pyrrole nitrogens is 1. The average molecular weight is 417 g/mol. The van der Waals surface area contributed by atoms with E-state index in [1.807, 2.05) is 0 Å². The van der Waals surface area contributed by atoms with Crippen LogP contribution in [0.25, 0.3) is 11.4 Å². The largest absolute Gasteiger partial charge is 0.497 e. The summed E-state index contributed by atoms with van der Waals surface area (Å²) in [6.07, 6.45) is 0.835. The maximum Gasteiger partial charge on any atom is 0.249 e. The SMILES string of the molecule is COc1ccc(-c2nc(NC(=O)CCCOc3ccc(Cl)cc3)n[nH]2)c(OC)c1. The van der Waals surface area contributed by atoms with E-state index in [0.29, 0.717) is 46.7 Å². The fraction of sp³-hybridized carbons (Fsp3) is 0.250. The molecule has 0 aliphatic rings. The lowest BCUT2D eigenvalue weighted by molar-refractivity contribution is -0.116. The third kappa shape index (κ3) is 5.61. The maximum atomic E-state index is 12.1. The number of anilines is 1. The van der Waals surface area contributed by atoms with E-state index in [1.165, 1.54) is 0 Å². The lowest BCUT2D eigenvalue weighted by Crippen LogP contribution is -2.13. The number of hydrogen-bond donors (Lipinski definition) is 2. The van der Waals surface area contributed by atoms with Gasteiger partial charge in [-0.05, 0) is 42.8 Å². The molecule has 1 amide bonds. The standard InChI is InChI=1S/C20H21ClN4O4/c1-27-15-9-10-16(17(12-15)28-2)19-23-20(25-24-19)22-18(26)4-3-11-29-14-7-5-13(21)6-8-14/h5-10,12H,3-4,11H2,1-2H3,(H2,22,23,24,25,26). The van der Waals surface area contributed by atoms with Crippen LogP contribution in [0.5, 0.6) is 17.2 Å². The van der Waals surface area contributed by atoms with Crippen molar-refractivity contribution in [1.29, 1.82) is 0 Å². The molecule has 9 heteroatoms. The average Bonchev–Trinajstić information content (AvgIpc) is 3.20. The molecule has 0 aliphatic heterocycles. The Morgan fingerprint density at radius 3 is 2.59 bits per heavy atom. The van der Waals surface area contributed by atoms with Gasteiger partial charge in [-0.2, -0.15) is 4.98 Å². The number of nitrogens with one attached hydrogen (secondary N) is 2. The van der Waals surface area contributed by atoms with Crippen LogP contribution < -0.4 is 19.5 Å². The van der Waals surface area contributed by atoms with Gasteiger partial charge in [0.15, 0.2) is 5.82 Å². The number of ether oxygens (including phenoxy) is 3. The van der Waals surface area contributed by atoms with Crippen LogP contribution in [0.4, 0.5) is 5.95 Å². The van der Waals surface area contributed by atoms with Gasteiger partial charge in [-0.25, -0.2) is 0 Å². The third-order valence-corrected chi connectivity index (χ3v) is 4.28. The Morgan fingerprint density at radius 1 is 1.10 bits per heavy atom. The van der Waals surface area contributed by atoms with Gasteiger partial charge in [0.1, 0.15) is 17.2 Å². The van der Waals surface area contributed by atoms with Gasteiger partial charge in [0, 0.05) is 17.5 Å². The predicted molar refractivity (Wildman–Crippen MR) is 110 cm³/mol. The molecule has 2 aromatic carbocycles. The molecule has 3 rings (SSSR count). The number of aromatic amines is 1. The molecule has 29 heavy (non-hydrogen) atoms. The first-order valence-electron chi connectivity index (χ1n) is 8.92. The summed E-state index contributed by atoms with van der Waals surface area (Å²) >= 11 is 5.83. The summed E-state index contributed by atoms with van der Waals surface area (Å²) < 4.78 is 16.1. The molecular weight excluding hydrogens is 396 g/mol. The van der Waals surface area contributed by atoms with Crippen LogP contribution in [0, 0.1) is 0 Å². The van der Waals surface area contributed by atoms with Crippen molar-refractivity contribution in [2.24, 2.45) is 0 Å². The fourth-order valence-electron chi connectivity index (χ4n) is 2.57. The lowest BCUT2D eigenvalue weighted by Gasteiger charge is -2.07. The smallest absolute Gasteiger partial charge is 0.249 e. The summed E-state index contributed by atoms with van der Waals surface area (Å²) in [5, 5.41) is 10.2. The molecule has 3 aromatic rings. The molecule has 152 valence electrons. The van der Waals surface area contributed by atoms with Gasteiger partial charge >= 0.3 is 0 Å². The molecule has 0 aliphatic carbocycles. The highest BCUT2D eigenvalue weighted by Crippen LogP contribution is 2.31. The van der Waals surface area contributed by atoms with E-state index in [2.05, 4.69) is 20.5 Å². The molecule has 2 N–H and O–H groups in total. The van der Waals surface area contributed by atoms with Crippen LogP contribution >= 0.6 is 11.6 Å². The Morgan fingerprint density at radius 2 is 1.86 bits per heavy atom. The molecular formula is C20H21ClN4O4. The van der Waals surface area contributed by atoms with Crippen LogP contribution in [0.3, 0.4) is 0 Å². The molecule has 0 spiro atoms. The summed E-state index contributed by atoms with van der Waals surface area (Å²) in [7, 11) is 3.14. The normalized spacial score (nSPS) is 10.4. The summed E-state index contributed by atoms with van der Waals surface area (Å²) in [5.74, 6) is 2.43. The monoisotopic (exact) mass is 416 g/mol. The van der Waals surface area contributed by atoms with Crippen molar-refractivity contribution in [1.82, 2.24) is 15.2 Å². The second-order valence-electron chi connectivity index (χ2n) is 6.03. The van der Waals surface area contributed by atoms with E-state index in [4.69, 9.17) is 25.8 Å². The van der Waals surface area contributed by atoms with E-state index in [9.17, 15) is 4.79 Å². The number of methoxy groups -OCH3 is 2. The van der Waals surface area contributed by atoms with E-state index in [1.54, 1.807) is 56.7 Å². The molecule has 8 nitrogen and oxygen atoms in total. The van der Waals surface area contributed by atoms with Crippen molar-refractivity contribution >= 4 is 23.5 Å². The van der Waals surface area contributed by atoms with Gasteiger partial charge in [-0.15, -0.1) is 5.10 Å². The first-order valence-corrected chi connectivity index (χ1v) is 9.30. The molecule has 1 aromatic heterocycles. The van der Waals surface area contributed by atoms with E-state index in [0.717, 1.165) is 0 Å². The molecule has 0 unspecified atom stereocenters. The first-order chi connectivity index (χ1) is 14.1. The number of carbonyl (C=O) groups is 1. The van der Waals surface area contributed by atoms with Crippen molar-refractivity contribution in [2.45, 2.75) is 12.8 Å². The molecule has 0 saturated carbocycles. The van der Waals surface area contributed by atoms with Gasteiger partial charge in [0.25, 0.3) is 0 Å². The quantitative estimate of drug-likeness (QED) is 0.512. The molecule has 0 saturated heterocycles. The zero-order chi connectivity index (χ0) is 20.6. The van der Waals surface area contributed by atoms with Gasteiger partial charge < -0.3 is 14.2 Å². The maximum absolute atomic E-state index is 12.1. The van der Waals surface area contributed by atoms with Crippen LogP contribution in [-0.4, -0.2) is 41.9 Å². The lowest BCUT2D eigenvalue weighted by atomic mass is 10.2. The van der Waals surface area contributed by atoms with Crippen LogP contribution in [0.2, 0.25) is 5.02 Å². The number of amides is 1. The summed E-state index contributed by atoms with van der Waals surface area (Å²) in [4.78, 5) is 16.4. The van der Waals surface area contributed by atoms with Crippen LogP contribution in [0.15, 0.2) is 42.5 Å². The number of hydrogen-bond acceptors (Lipinski definition) is 6. The van der Waals surface area contributed by atoms with Gasteiger partial charge in [-0.3, -0.25) is 15.2 Å². The van der Waals surface area contributed by atoms with Crippen LogP contribution in [0.1, 0.15) is 12.8 Å². The Kier molecular flexibility index (Phi) is 6.91. The minimum Gasteiger partial charge on any atom is -0.497 e. The number of halogens is 1. The topological polar surface area (TPSA) is 98.4 Å². The molecule has 0 bridgehead atoms. The predicted octanol–water partition coefficient (Wildman–Crippen LogP) is 3.94. The van der Waals surface area contributed by atoms with Gasteiger partial charge in [-0.1, -0.05) is 11.6 Å². The molecule has 1 heterocycles. The third-order valence-electron chi connectivity index (χ3n) is 4.03. The van der Waals surface area contributed by atoms with Crippen molar-refractivity contribution < 1.29 is 19.0 Å². The summed E-state index contributed by atoms with van der Waals surface area (Å²) in [6.45, 7) is 0.414. The number of benzene rings is 2. The Labute approximate surface area is 173 Å². The zero-order valence-corrected chi connectivity index (χ0v) is 16.8. The number of rotatable bonds is 9. The highest BCUT2D eigenvalue weighted by Gasteiger charge is 2.13.